The van der Waals surface area contributed by atoms with Crippen LogP contribution in [0.2, 0.25) is 0 Å². The molecule has 1 N–H and O–H groups in total. The summed E-state index contributed by atoms with van der Waals surface area (Å²) < 4.78 is 27.5. The van der Waals surface area contributed by atoms with Crippen molar-refractivity contribution in [2.24, 2.45) is 0 Å². The Hall–Kier alpha value is -1.20. The standard InChI is InChI=1S/C11H12ClNO3S/c1-7-5-9-10(13-7)4-3-8(11(9)16-2)6-17(12,14)15/h3-5,13H,6H2,1-2H3. The molecule has 0 spiro atoms. The predicted octanol–water partition coefficient (Wildman–Crippen LogP) is 2.55. The smallest absolute Gasteiger partial charge is 0.236 e. The summed E-state index contributed by atoms with van der Waals surface area (Å²) in [6.07, 6.45) is 0. The third-order valence-electron chi connectivity index (χ3n) is 2.50. The maximum absolute atomic E-state index is 11.1. The minimum atomic E-state index is -3.59. The number of hydrogen-bond donors (Lipinski definition) is 1. The summed E-state index contributed by atoms with van der Waals surface area (Å²) in [5.74, 6) is 0.314. The Balaban J connectivity index is 2.64. The molecule has 0 aliphatic heterocycles. The summed E-state index contributed by atoms with van der Waals surface area (Å²) in [6.45, 7) is 1.93. The van der Waals surface area contributed by atoms with Gasteiger partial charge in [0.2, 0.25) is 9.05 Å². The molecule has 6 heteroatoms. The number of H-pyrrole nitrogens is 1. The fraction of sp³-hybridized carbons (Fsp3) is 0.273. The number of aromatic nitrogens is 1. The Morgan fingerprint density at radius 3 is 2.71 bits per heavy atom. The number of aryl methyl sites for hydroxylation is 1. The van der Waals surface area contributed by atoms with Gasteiger partial charge < -0.3 is 9.72 Å². The molecule has 4 nitrogen and oxygen atoms in total. The van der Waals surface area contributed by atoms with E-state index in [4.69, 9.17) is 15.4 Å². The van der Waals surface area contributed by atoms with E-state index in [2.05, 4.69) is 4.98 Å². The van der Waals surface area contributed by atoms with E-state index in [9.17, 15) is 8.42 Å². The molecule has 17 heavy (non-hydrogen) atoms. The topological polar surface area (TPSA) is 59.2 Å². The first-order valence-electron chi connectivity index (χ1n) is 4.98. The summed E-state index contributed by atoms with van der Waals surface area (Å²) in [5, 5.41) is 0.864. The van der Waals surface area contributed by atoms with Crippen LogP contribution in [0.25, 0.3) is 10.9 Å². The molecule has 0 atom stereocenters. The summed E-state index contributed by atoms with van der Waals surface area (Å²) in [4.78, 5) is 3.16. The molecule has 0 amide bonds. The number of benzene rings is 1. The van der Waals surface area contributed by atoms with E-state index < -0.39 is 9.05 Å². The lowest BCUT2D eigenvalue weighted by molar-refractivity contribution is 0.416. The van der Waals surface area contributed by atoms with Crippen molar-refractivity contribution in [1.82, 2.24) is 4.98 Å². The van der Waals surface area contributed by atoms with Gasteiger partial charge in [0.25, 0.3) is 0 Å². The van der Waals surface area contributed by atoms with Gasteiger partial charge >= 0.3 is 0 Å². The number of ether oxygens (including phenoxy) is 1. The molecule has 2 rings (SSSR count). The molecule has 0 fully saturated rings. The lowest BCUT2D eigenvalue weighted by Gasteiger charge is -2.08. The second-order valence-corrected chi connectivity index (χ2v) is 6.63. The molecular formula is C11H12ClNO3S. The van der Waals surface area contributed by atoms with E-state index in [1.54, 1.807) is 6.07 Å². The van der Waals surface area contributed by atoms with Gasteiger partial charge in [0.15, 0.2) is 0 Å². The molecular weight excluding hydrogens is 262 g/mol. The van der Waals surface area contributed by atoms with Gasteiger partial charge in [0.1, 0.15) is 5.75 Å². The average molecular weight is 274 g/mol. The van der Waals surface area contributed by atoms with Gasteiger partial charge in [-0.25, -0.2) is 8.42 Å². The van der Waals surface area contributed by atoms with Crippen LogP contribution < -0.4 is 4.74 Å². The highest BCUT2D eigenvalue weighted by Crippen LogP contribution is 2.31. The Kier molecular flexibility index (Phi) is 3.05. The van der Waals surface area contributed by atoms with Crippen LogP contribution in [0.5, 0.6) is 5.75 Å². The quantitative estimate of drug-likeness (QED) is 0.875. The summed E-state index contributed by atoms with van der Waals surface area (Å²) in [7, 11) is 3.19. The van der Waals surface area contributed by atoms with Gasteiger partial charge in [-0.05, 0) is 19.1 Å². The fourth-order valence-corrected chi connectivity index (χ4v) is 2.85. The van der Waals surface area contributed by atoms with E-state index in [1.165, 1.54) is 7.11 Å². The summed E-state index contributed by atoms with van der Waals surface area (Å²) in [5.41, 5.74) is 2.47. The highest BCUT2D eigenvalue weighted by Gasteiger charge is 2.15. The van der Waals surface area contributed by atoms with Crippen molar-refractivity contribution in [3.8, 4) is 5.75 Å². The van der Waals surface area contributed by atoms with Crippen LogP contribution in [-0.2, 0) is 14.8 Å². The monoisotopic (exact) mass is 273 g/mol. The maximum Gasteiger partial charge on any atom is 0.236 e. The first-order valence-corrected chi connectivity index (χ1v) is 7.46. The van der Waals surface area contributed by atoms with Crippen molar-refractivity contribution >= 4 is 30.6 Å². The van der Waals surface area contributed by atoms with Gasteiger partial charge in [-0.15, -0.1) is 0 Å². The van der Waals surface area contributed by atoms with Crippen LogP contribution >= 0.6 is 10.7 Å². The third-order valence-corrected chi connectivity index (χ3v) is 3.49. The molecule has 92 valence electrons. The normalized spacial score (nSPS) is 11.9. The average Bonchev–Trinajstić information content (AvgIpc) is 2.56. The zero-order valence-electron chi connectivity index (χ0n) is 9.45. The van der Waals surface area contributed by atoms with Crippen molar-refractivity contribution in [2.75, 3.05) is 7.11 Å². The number of rotatable bonds is 3. The van der Waals surface area contributed by atoms with Crippen molar-refractivity contribution in [2.45, 2.75) is 12.7 Å². The molecule has 1 aromatic heterocycles. The molecule has 0 aliphatic carbocycles. The lowest BCUT2D eigenvalue weighted by atomic mass is 10.1. The van der Waals surface area contributed by atoms with Gasteiger partial charge in [-0.3, -0.25) is 0 Å². The van der Waals surface area contributed by atoms with Crippen LogP contribution in [-0.4, -0.2) is 20.5 Å². The van der Waals surface area contributed by atoms with Crippen LogP contribution in [0.15, 0.2) is 18.2 Å². The van der Waals surface area contributed by atoms with Crippen LogP contribution in [0.4, 0.5) is 0 Å². The Morgan fingerprint density at radius 1 is 1.41 bits per heavy atom. The SMILES string of the molecule is COc1c(CS(=O)(=O)Cl)ccc2[nH]c(C)cc12. The Morgan fingerprint density at radius 2 is 2.12 bits per heavy atom. The fourth-order valence-electron chi connectivity index (χ4n) is 1.90. The maximum atomic E-state index is 11.1. The van der Waals surface area contributed by atoms with E-state index in [0.717, 1.165) is 16.6 Å². The van der Waals surface area contributed by atoms with Crippen LogP contribution in [0.3, 0.4) is 0 Å². The zero-order chi connectivity index (χ0) is 12.6. The van der Waals surface area contributed by atoms with Crippen molar-refractivity contribution in [3.63, 3.8) is 0 Å². The molecule has 0 bridgehead atoms. The number of aromatic amines is 1. The zero-order valence-corrected chi connectivity index (χ0v) is 11.0. The molecule has 0 saturated carbocycles. The summed E-state index contributed by atoms with van der Waals surface area (Å²) in [6, 6.07) is 5.44. The van der Waals surface area contributed by atoms with Crippen molar-refractivity contribution in [1.29, 1.82) is 0 Å². The highest BCUT2D eigenvalue weighted by molar-refractivity contribution is 8.13. The van der Waals surface area contributed by atoms with E-state index in [1.807, 2.05) is 19.1 Å². The minimum absolute atomic E-state index is 0.238. The van der Waals surface area contributed by atoms with Crippen LogP contribution in [0, 0.1) is 6.92 Å². The molecule has 2 aromatic rings. The van der Waals surface area contributed by atoms with Gasteiger partial charge in [-0.1, -0.05) is 6.07 Å². The second kappa shape index (κ2) is 4.23. The first-order chi connectivity index (χ1) is 7.90. The van der Waals surface area contributed by atoms with Crippen LogP contribution in [0.1, 0.15) is 11.3 Å². The first kappa shape index (κ1) is 12.3. The van der Waals surface area contributed by atoms with Gasteiger partial charge in [0.05, 0.1) is 12.9 Å². The molecule has 0 aliphatic rings. The highest BCUT2D eigenvalue weighted by atomic mass is 35.7. The Bertz CT molecular complexity index is 661. The van der Waals surface area contributed by atoms with E-state index in [-0.39, 0.29) is 5.75 Å². The number of hydrogen-bond acceptors (Lipinski definition) is 3. The number of nitrogens with one attached hydrogen (secondary N) is 1. The number of methoxy groups -OCH3 is 1. The molecule has 0 saturated heterocycles. The van der Waals surface area contributed by atoms with Gasteiger partial charge in [0, 0.05) is 32.8 Å². The number of halogens is 1. The predicted molar refractivity (Wildman–Crippen MR) is 68.1 cm³/mol. The third kappa shape index (κ3) is 2.56. The van der Waals surface area contributed by atoms with E-state index in [0.29, 0.717) is 11.3 Å². The molecule has 0 unspecified atom stereocenters. The molecule has 1 heterocycles. The van der Waals surface area contributed by atoms with Crippen molar-refractivity contribution < 1.29 is 13.2 Å². The Labute approximate surface area is 104 Å². The van der Waals surface area contributed by atoms with Gasteiger partial charge in [-0.2, -0.15) is 0 Å². The molecule has 0 radical (unpaired) electrons. The largest absolute Gasteiger partial charge is 0.496 e. The second-order valence-electron chi connectivity index (χ2n) is 3.85. The molecule has 1 aromatic carbocycles. The van der Waals surface area contributed by atoms with E-state index >= 15 is 0 Å². The summed E-state index contributed by atoms with van der Waals surface area (Å²) >= 11 is 0. The van der Waals surface area contributed by atoms with Crippen molar-refractivity contribution in [3.05, 3.63) is 29.5 Å². The number of fused-ring (bicyclic) bond motifs is 1. The lowest BCUT2D eigenvalue weighted by Crippen LogP contribution is -1.98. The minimum Gasteiger partial charge on any atom is -0.496 e.